The van der Waals surface area contributed by atoms with Crippen LogP contribution in [0, 0.1) is 0 Å². The molecule has 6 heteroatoms. The molecule has 1 saturated heterocycles. The highest BCUT2D eigenvalue weighted by molar-refractivity contribution is 6.34. The highest BCUT2D eigenvalue weighted by Gasteiger charge is 2.19. The molecule has 1 aromatic heterocycles. The van der Waals surface area contributed by atoms with E-state index in [1.165, 1.54) is 37.0 Å². The van der Waals surface area contributed by atoms with Gasteiger partial charge in [0.1, 0.15) is 0 Å². The third kappa shape index (κ3) is 4.05. The fourth-order valence-corrected chi connectivity index (χ4v) is 3.90. The number of benzene rings is 2. The van der Waals surface area contributed by atoms with Crippen LogP contribution in [0.15, 0.2) is 48.5 Å². The molecule has 0 amide bonds. The topological polar surface area (TPSA) is 47.4 Å². The van der Waals surface area contributed by atoms with E-state index in [2.05, 4.69) is 10.00 Å². The zero-order chi connectivity index (χ0) is 19.3. The second-order valence-corrected chi connectivity index (χ2v) is 7.53. The predicted octanol–water partition coefficient (Wildman–Crippen LogP) is 4.63. The number of halogens is 1. The number of likely N-dealkylation sites (tertiary alicyclic amines) is 1. The Labute approximate surface area is 169 Å². The normalized spacial score (nSPS) is 15.0. The van der Waals surface area contributed by atoms with Crippen molar-refractivity contribution in [2.45, 2.75) is 25.7 Å². The molecule has 5 nitrogen and oxygen atoms in total. The molecular formula is C22H24ClN3O2. The standard InChI is InChI=1S/C22H24ClN3O2/c23-19-11-4-2-9-17(19)22(27)26-20-12-5-3-10-18(20)21(24-26)28-16-8-15-25-13-6-1-7-14-25/h2-5,9-12H,1,6-8,13-16H2. The second-order valence-electron chi connectivity index (χ2n) is 7.12. The number of hydrogen-bond acceptors (Lipinski definition) is 4. The largest absolute Gasteiger partial charge is 0.476 e. The number of ether oxygens (including phenoxy) is 1. The summed E-state index contributed by atoms with van der Waals surface area (Å²) in [5.74, 6) is 0.236. The van der Waals surface area contributed by atoms with Crippen LogP contribution in [0.3, 0.4) is 0 Å². The summed E-state index contributed by atoms with van der Waals surface area (Å²) in [7, 11) is 0. The Hall–Kier alpha value is -2.37. The number of fused-ring (bicyclic) bond motifs is 1. The van der Waals surface area contributed by atoms with Crippen LogP contribution in [0.5, 0.6) is 5.88 Å². The van der Waals surface area contributed by atoms with Gasteiger partial charge in [0.25, 0.3) is 5.91 Å². The lowest BCUT2D eigenvalue weighted by Gasteiger charge is -2.26. The van der Waals surface area contributed by atoms with Gasteiger partial charge in [-0.25, -0.2) is 0 Å². The van der Waals surface area contributed by atoms with E-state index in [0.29, 0.717) is 23.1 Å². The third-order valence-corrected chi connectivity index (χ3v) is 5.49. The average Bonchev–Trinajstić information content (AvgIpc) is 3.11. The van der Waals surface area contributed by atoms with Crippen molar-refractivity contribution < 1.29 is 9.53 Å². The Morgan fingerprint density at radius 2 is 1.79 bits per heavy atom. The molecule has 1 fully saturated rings. The first-order chi connectivity index (χ1) is 13.7. The van der Waals surface area contributed by atoms with Crippen LogP contribution in [0.25, 0.3) is 10.9 Å². The van der Waals surface area contributed by atoms with Gasteiger partial charge in [0.05, 0.1) is 28.1 Å². The van der Waals surface area contributed by atoms with Gasteiger partial charge in [-0.15, -0.1) is 5.10 Å². The molecule has 2 aromatic carbocycles. The number of para-hydroxylation sites is 1. The van der Waals surface area contributed by atoms with Gasteiger partial charge in [-0.2, -0.15) is 4.68 Å². The Morgan fingerprint density at radius 3 is 2.61 bits per heavy atom. The molecule has 28 heavy (non-hydrogen) atoms. The first-order valence-corrected chi connectivity index (χ1v) is 10.2. The van der Waals surface area contributed by atoms with Crippen LogP contribution in [-0.4, -0.2) is 46.8 Å². The van der Waals surface area contributed by atoms with Crippen LogP contribution in [-0.2, 0) is 0 Å². The van der Waals surface area contributed by atoms with Gasteiger partial charge in [-0.05, 0) is 56.6 Å². The first-order valence-electron chi connectivity index (χ1n) is 9.86. The van der Waals surface area contributed by atoms with E-state index in [4.69, 9.17) is 16.3 Å². The van der Waals surface area contributed by atoms with E-state index in [0.717, 1.165) is 23.9 Å². The van der Waals surface area contributed by atoms with E-state index in [1.807, 2.05) is 24.3 Å². The SMILES string of the molecule is O=C(c1ccccc1Cl)n1nc(OCCCN2CCCCC2)c2ccccc21. The number of carbonyl (C=O) groups excluding carboxylic acids is 1. The van der Waals surface area contributed by atoms with E-state index >= 15 is 0 Å². The summed E-state index contributed by atoms with van der Waals surface area (Å²) >= 11 is 6.21. The minimum absolute atomic E-state index is 0.259. The lowest BCUT2D eigenvalue weighted by Crippen LogP contribution is -2.31. The van der Waals surface area contributed by atoms with Gasteiger partial charge in [-0.3, -0.25) is 4.79 Å². The van der Waals surface area contributed by atoms with Crippen molar-refractivity contribution in [1.29, 1.82) is 0 Å². The molecule has 0 atom stereocenters. The fourth-order valence-electron chi connectivity index (χ4n) is 3.69. The molecule has 1 aliphatic heterocycles. The number of hydrogen-bond donors (Lipinski definition) is 0. The minimum Gasteiger partial charge on any atom is -0.476 e. The number of rotatable bonds is 6. The summed E-state index contributed by atoms with van der Waals surface area (Å²) in [6, 6.07) is 14.6. The maximum Gasteiger partial charge on any atom is 0.280 e. The zero-order valence-corrected chi connectivity index (χ0v) is 16.6. The average molecular weight is 398 g/mol. The summed E-state index contributed by atoms with van der Waals surface area (Å²) in [5.41, 5.74) is 1.15. The van der Waals surface area contributed by atoms with Crippen molar-refractivity contribution in [3.05, 3.63) is 59.1 Å². The molecule has 0 radical (unpaired) electrons. The van der Waals surface area contributed by atoms with E-state index in [1.54, 1.807) is 24.3 Å². The van der Waals surface area contributed by atoms with Gasteiger partial charge >= 0.3 is 0 Å². The van der Waals surface area contributed by atoms with Crippen LogP contribution in [0.4, 0.5) is 0 Å². The molecule has 0 saturated carbocycles. The van der Waals surface area contributed by atoms with Gasteiger partial charge in [0.2, 0.25) is 5.88 Å². The molecule has 3 aromatic rings. The van der Waals surface area contributed by atoms with Crippen LogP contribution in [0.1, 0.15) is 36.0 Å². The summed E-state index contributed by atoms with van der Waals surface area (Å²) in [5, 5.41) is 5.71. The van der Waals surface area contributed by atoms with E-state index in [9.17, 15) is 4.79 Å². The van der Waals surface area contributed by atoms with Crippen LogP contribution < -0.4 is 4.74 Å². The van der Waals surface area contributed by atoms with Crippen molar-refractivity contribution in [2.24, 2.45) is 0 Å². The molecular weight excluding hydrogens is 374 g/mol. The number of carbonyl (C=O) groups is 1. The Bertz CT molecular complexity index is 963. The molecule has 0 aliphatic carbocycles. The molecule has 2 heterocycles. The maximum atomic E-state index is 13.0. The van der Waals surface area contributed by atoms with Crippen molar-refractivity contribution >= 4 is 28.4 Å². The zero-order valence-electron chi connectivity index (χ0n) is 15.8. The molecule has 4 rings (SSSR count). The predicted molar refractivity (Wildman–Crippen MR) is 111 cm³/mol. The molecule has 146 valence electrons. The molecule has 0 bridgehead atoms. The lowest BCUT2D eigenvalue weighted by molar-refractivity contribution is 0.0948. The monoisotopic (exact) mass is 397 g/mol. The van der Waals surface area contributed by atoms with Crippen molar-refractivity contribution in [1.82, 2.24) is 14.7 Å². The first kappa shape index (κ1) is 19.0. The highest BCUT2D eigenvalue weighted by atomic mass is 35.5. The number of piperidine rings is 1. The summed E-state index contributed by atoms with van der Waals surface area (Å²) < 4.78 is 7.35. The third-order valence-electron chi connectivity index (χ3n) is 5.16. The Kier molecular flexibility index (Phi) is 5.93. The number of aromatic nitrogens is 2. The Morgan fingerprint density at radius 1 is 1.04 bits per heavy atom. The molecule has 0 unspecified atom stereocenters. The van der Waals surface area contributed by atoms with Crippen LogP contribution >= 0.6 is 11.6 Å². The smallest absolute Gasteiger partial charge is 0.280 e. The Balaban J connectivity index is 1.50. The van der Waals surface area contributed by atoms with Crippen molar-refractivity contribution in [3.63, 3.8) is 0 Å². The van der Waals surface area contributed by atoms with Gasteiger partial charge in [0, 0.05) is 6.54 Å². The van der Waals surface area contributed by atoms with Crippen molar-refractivity contribution in [3.8, 4) is 5.88 Å². The maximum absolute atomic E-state index is 13.0. The van der Waals surface area contributed by atoms with E-state index in [-0.39, 0.29) is 5.91 Å². The molecule has 0 N–H and O–H groups in total. The lowest BCUT2D eigenvalue weighted by atomic mass is 10.1. The van der Waals surface area contributed by atoms with Gasteiger partial charge < -0.3 is 9.64 Å². The summed E-state index contributed by atoms with van der Waals surface area (Å²) in [6.45, 7) is 3.99. The fraction of sp³-hybridized carbons (Fsp3) is 0.364. The molecule has 1 aliphatic rings. The minimum atomic E-state index is -0.259. The van der Waals surface area contributed by atoms with Gasteiger partial charge in [0.15, 0.2) is 0 Å². The van der Waals surface area contributed by atoms with Crippen LogP contribution in [0.2, 0.25) is 5.02 Å². The van der Waals surface area contributed by atoms with Gasteiger partial charge in [-0.1, -0.05) is 42.3 Å². The van der Waals surface area contributed by atoms with Crippen molar-refractivity contribution in [2.75, 3.05) is 26.2 Å². The second kappa shape index (κ2) is 8.76. The summed E-state index contributed by atoms with van der Waals surface area (Å²) in [6.07, 6.45) is 4.87. The van der Waals surface area contributed by atoms with E-state index < -0.39 is 0 Å². The summed E-state index contributed by atoms with van der Waals surface area (Å²) in [4.78, 5) is 15.5. The highest BCUT2D eigenvalue weighted by Crippen LogP contribution is 2.27. The number of nitrogens with zero attached hydrogens (tertiary/aromatic N) is 3. The quantitative estimate of drug-likeness (QED) is 0.569. The molecule has 0 spiro atoms.